The molecule has 1 aliphatic rings. The van der Waals surface area contributed by atoms with Gasteiger partial charge in [0.05, 0.1) is 12.2 Å². The third-order valence-corrected chi connectivity index (χ3v) is 5.35. The predicted molar refractivity (Wildman–Crippen MR) is 99.3 cm³/mol. The van der Waals surface area contributed by atoms with E-state index in [0.717, 1.165) is 43.0 Å². The van der Waals surface area contributed by atoms with Crippen LogP contribution in [0.2, 0.25) is 0 Å². The first kappa shape index (κ1) is 16.2. The first-order valence-corrected chi connectivity index (χ1v) is 9.04. The lowest BCUT2D eigenvalue weighted by molar-refractivity contribution is -0.939. The molecule has 2 aromatic carbocycles. The maximum Gasteiger partial charge on any atom is 0.225 e. The molecule has 1 atom stereocenters. The van der Waals surface area contributed by atoms with Gasteiger partial charge in [0.1, 0.15) is 6.54 Å². The second kappa shape index (κ2) is 6.54. The van der Waals surface area contributed by atoms with Gasteiger partial charge in [0.2, 0.25) is 4.77 Å². The van der Waals surface area contributed by atoms with Gasteiger partial charge in [-0.05, 0) is 53.2 Å². The van der Waals surface area contributed by atoms with Crippen molar-refractivity contribution in [3.63, 3.8) is 0 Å². The average molecular weight is 352 g/mol. The summed E-state index contributed by atoms with van der Waals surface area (Å²) in [6.45, 7) is 7.01. The predicted octanol–water partition coefficient (Wildman–Crippen LogP) is 2.01. The lowest BCUT2D eigenvalue weighted by Gasteiger charge is -2.25. The molecule has 128 valence electrons. The molecule has 1 N–H and O–H groups in total. The number of hydrogen-bond donors (Lipinski definition) is 1. The molecule has 0 spiro atoms. The summed E-state index contributed by atoms with van der Waals surface area (Å²) >= 11 is 5.66. The van der Waals surface area contributed by atoms with E-state index in [-0.39, 0.29) is 0 Å². The molecule has 0 radical (unpaired) electrons. The Bertz CT molecular complexity index is 952. The quantitative estimate of drug-likeness (QED) is 0.733. The number of aromatic nitrogens is 4. The molecule has 0 saturated heterocycles. The van der Waals surface area contributed by atoms with E-state index < -0.39 is 0 Å². The highest BCUT2D eigenvalue weighted by Crippen LogP contribution is 2.17. The van der Waals surface area contributed by atoms with Crippen molar-refractivity contribution >= 4 is 12.2 Å². The van der Waals surface area contributed by atoms with Gasteiger partial charge in [-0.2, -0.15) is 9.36 Å². The van der Waals surface area contributed by atoms with Crippen LogP contribution in [0.4, 0.5) is 0 Å². The van der Waals surface area contributed by atoms with Crippen LogP contribution in [-0.4, -0.2) is 26.3 Å². The molecule has 2 heterocycles. The molecular weight excluding hydrogens is 330 g/mol. The summed E-state index contributed by atoms with van der Waals surface area (Å²) in [4.78, 5) is 1.46. The summed E-state index contributed by atoms with van der Waals surface area (Å²) in [6.07, 6.45) is 1.10. The number of fused-ring (bicyclic) bond motifs is 1. The zero-order chi connectivity index (χ0) is 17.4. The van der Waals surface area contributed by atoms with Crippen molar-refractivity contribution in [2.75, 3.05) is 6.54 Å². The van der Waals surface area contributed by atoms with Crippen molar-refractivity contribution < 1.29 is 4.90 Å². The van der Waals surface area contributed by atoms with E-state index >= 15 is 0 Å². The van der Waals surface area contributed by atoms with Crippen LogP contribution in [0.15, 0.2) is 42.5 Å². The van der Waals surface area contributed by atoms with E-state index in [1.807, 2.05) is 4.68 Å². The topological polar surface area (TPSA) is 40.1 Å². The second-order valence-corrected chi connectivity index (χ2v) is 7.13. The van der Waals surface area contributed by atoms with Crippen LogP contribution in [0.3, 0.4) is 0 Å². The van der Waals surface area contributed by atoms with Crippen molar-refractivity contribution in [1.82, 2.24) is 19.8 Å². The lowest BCUT2D eigenvalue weighted by atomic mass is 10.0. The van der Waals surface area contributed by atoms with Crippen LogP contribution in [0.1, 0.15) is 22.3 Å². The van der Waals surface area contributed by atoms with Crippen LogP contribution < -0.4 is 4.90 Å². The monoisotopic (exact) mass is 352 g/mol. The van der Waals surface area contributed by atoms with E-state index in [1.54, 1.807) is 4.68 Å². The number of para-hydroxylation sites is 1. The van der Waals surface area contributed by atoms with Gasteiger partial charge in [0.15, 0.2) is 6.67 Å². The van der Waals surface area contributed by atoms with Gasteiger partial charge in [-0.25, -0.2) is 0 Å². The van der Waals surface area contributed by atoms with Gasteiger partial charge in [-0.1, -0.05) is 42.5 Å². The highest BCUT2D eigenvalue weighted by molar-refractivity contribution is 7.71. The number of nitrogens with one attached hydrogen (secondary N) is 1. The Morgan fingerprint density at radius 1 is 1.00 bits per heavy atom. The van der Waals surface area contributed by atoms with Gasteiger partial charge in [0.25, 0.3) is 0 Å². The zero-order valence-corrected chi connectivity index (χ0v) is 15.4. The fourth-order valence-electron chi connectivity index (χ4n) is 3.64. The molecule has 1 unspecified atom stereocenters. The standard InChI is InChI=1S/C19H21N5S/c1-14-6-5-7-15(2)18(14)24-19(25)23(20-21-24)13-22-11-10-16-8-3-4-9-17(16)12-22/h3-9H,10-13H2,1-2H3/p+1. The Balaban J connectivity index is 1.60. The highest BCUT2D eigenvalue weighted by Gasteiger charge is 2.20. The number of rotatable bonds is 3. The number of aryl methyl sites for hydroxylation is 2. The molecule has 5 nitrogen and oxygen atoms in total. The fraction of sp³-hybridized carbons (Fsp3) is 0.316. The number of hydrogen-bond acceptors (Lipinski definition) is 3. The molecular formula is C19H22N5S+. The van der Waals surface area contributed by atoms with Gasteiger partial charge < -0.3 is 4.90 Å². The number of quaternary nitrogens is 1. The molecule has 0 aliphatic carbocycles. The molecule has 1 aliphatic heterocycles. The van der Waals surface area contributed by atoms with Crippen molar-refractivity contribution in [2.24, 2.45) is 0 Å². The SMILES string of the molecule is Cc1cccc(C)c1-n1nnn(C[NH+]2CCc3ccccc3C2)c1=S. The lowest BCUT2D eigenvalue weighted by Crippen LogP contribution is -3.11. The first-order chi connectivity index (χ1) is 12.1. The van der Waals surface area contributed by atoms with E-state index in [9.17, 15) is 0 Å². The highest BCUT2D eigenvalue weighted by atomic mass is 32.1. The third-order valence-electron chi connectivity index (χ3n) is 4.97. The van der Waals surface area contributed by atoms with Crippen LogP contribution in [0, 0.1) is 18.6 Å². The van der Waals surface area contributed by atoms with Crippen LogP contribution in [-0.2, 0) is 19.6 Å². The summed E-state index contributed by atoms with van der Waals surface area (Å²) in [6, 6.07) is 14.9. The Labute approximate surface area is 152 Å². The second-order valence-electron chi connectivity index (χ2n) is 6.77. The van der Waals surface area contributed by atoms with Crippen molar-refractivity contribution in [2.45, 2.75) is 33.5 Å². The van der Waals surface area contributed by atoms with Gasteiger partial charge >= 0.3 is 0 Å². The summed E-state index contributed by atoms with van der Waals surface area (Å²) in [5.74, 6) is 0. The number of nitrogens with zero attached hydrogens (tertiary/aromatic N) is 4. The fourth-order valence-corrected chi connectivity index (χ4v) is 3.87. The van der Waals surface area contributed by atoms with Crippen LogP contribution in [0.25, 0.3) is 5.69 Å². The molecule has 0 amide bonds. The summed E-state index contributed by atoms with van der Waals surface area (Å²) in [7, 11) is 0. The smallest absolute Gasteiger partial charge is 0.225 e. The molecule has 0 saturated carbocycles. The molecule has 1 aromatic heterocycles. The van der Waals surface area contributed by atoms with Gasteiger partial charge in [-0.15, -0.1) is 0 Å². The Kier molecular flexibility index (Phi) is 4.23. The number of benzene rings is 2. The van der Waals surface area contributed by atoms with Crippen molar-refractivity contribution in [3.8, 4) is 5.69 Å². The first-order valence-electron chi connectivity index (χ1n) is 8.63. The average Bonchev–Trinajstić information content (AvgIpc) is 2.96. The van der Waals surface area contributed by atoms with E-state index in [2.05, 4.69) is 66.7 Å². The molecule has 25 heavy (non-hydrogen) atoms. The van der Waals surface area contributed by atoms with Crippen LogP contribution in [0.5, 0.6) is 0 Å². The minimum atomic E-state index is 0.656. The Hall–Kier alpha value is -2.31. The number of tetrazole rings is 1. The zero-order valence-electron chi connectivity index (χ0n) is 14.6. The molecule has 0 fully saturated rings. The summed E-state index contributed by atoms with van der Waals surface area (Å²) in [5, 5.41) is 8.66. The van der Waals surface area contributed by atoms with Crippen molar-refractivity contribution in [3.05, 3.63) is 69.5 Å². The Morgan fingerprint density at radius 3 is 2.48 bits per heavy atom. The Morgan fingerprint density at radius 2 is 1.72 bits per heavy atom. The van der Waals surface area contributed by atoms with Crippen molar-refractivity contribution in [1.29, 1.82) is 0 Å². The van der Waals surface area contributed by atoms with E-state index in [4.69, 9.17) is 12.2 Å². The maximum absolute atomic E-state index is 5.66. The van der Waals surface area contributed by atoms with E-state index in [0.29, 0.717) is 4.77 Å². The molecule has 6 heteroatoms. The molecule has 4 rings (SSSR count). The minimum Gasteiger partial charge on any atom is -0.312 e. The summed E-state index contributed by atoms with van der Waals surface area (Å²) in [5.41, 5.74) is 6.24. The van der Waals surface area contributed by atoms with Gasteiger partial charge in [-0.3, -0.25) is 0 Å². The summed E-state index contributed by atoms with van der Waals surface area (Å²) < 4.78 is 4.30. The van der Waals surface area contributed by atoms with Crippen LogP contribution >= 0.6 is 12.2 Å². The minimum absolute atomic E-state index is 0.656. The normalized spacial score (nSPS) is 16.6. The maximum atomic E-state index is 5.66. The third kappa shape index (κ3) is 3.03. The van der Waals surface area contributed by atoms with Gasteiger partial charge in [0, 0.05) is 12.0 Å². The molecule has 3 aromatic rings. The van der Waals surface area contributed by atoms with E-state index in [1.165, 1.54) is 16.0 Å². The molecule has 0 bridgehead atoms. The largest absolute Gasteiger partial charge is 0.312 e.